The van der Waals surface area contributed by atoms with E-state index >= 15 is 0 Å². The Bertz CT molecular complexity index is 1380. The van der Waals surface area contributed by atoms with E-state index in [4.69, 9.17) is 19.9 Å². The summed E-state index contributed by atoms with van der Waals surface area (Å²) in [7, 11) is 0. The van der Waals surface area contributed by atoms with E-state index < -0.39 is 36.8 Å². The number of hydrogen-bond acceptors (Lipinski definition) is 4. The number of aromatic nitrogens is 4. The van der Waals surface area contributed by atoms with Crippen molar-refractivity contribution in [2.45, 2.75) is 145 Å². The summed E-state index contributed by atoms with van der Waals surface area (Å²) < 4.78 is 11.8. The average molecular weight is 888 g/mol. The summed E-state index contributed by atoms with van der Waals surface area (Å²) in [5.41, 5.74) is 6.09. The van der Waals surface area contributed by atoms with E-state index in [0.717, 1.165) is 34.2 Å². The Morgan fingerprint density at radius 3 is 0.900 bits per heavy atom. The Morgan fingerprint density at radius 1 is 0.380 bits per heavy atom. The molecule has 0 aliphatic rings. The van der Waals surface area contributed by atoms with Crippen molar-refractivity contribution >= 4 is 43.9 Å². The van der Waals surface area contributed by atoms with E-state index in [9.17, 15) is 0 Å². The van der Waals surface area contributed by atoms with E-state index in [1.54, 1.807) is 7.16 Å². The van der Waals surface area contributed by atoms with Crippen LogP contribution in [-0.4, -0.2) is 56.7 Å². The molecular formula is C44H66N4Sn2. The molecule has 50 heavy (non-hydrogen) atoms. The first-order valence-corrected chi connectivity index (χ1v) is 35.3. The number of hydrogen-bond donors (Lipinski definition) is 0. The molecule has 0 atom stereocenters. The Morgan fingerprint density at radius 2 is 0.660 bits per heavy atom. The molecular weight excluding hydrogens is 822 g/mol. The van der Waals surface area contributed by atoms with Crippen LogP contribution in [0.15, 0.2) is 73.1 Å². The molecule has 0 N–H and O–H groups in total. The van der Waals surface area contributed by atoms with Crippen LogP contribution in [0.1, 0.15) is 119 Å². The van der Waals surface area contributed by atoms with Gasteiger partial charge in [-0.25, -0.2) is 0 Å². The fraction of sp³-hybridized carbons (Fsp3) is 0.545. The third kappa shape index (κ3) is 11.1. The first-order chi connectivity index (χ1) is 24.5. The molecule has 0 unspecified atom stereocenters. The average Bonchev–Trinajstić information content (AvgIpc) is 3.18. The maximum absolute atomic E-state index is 5.48. The quantitative estimate of drug-likeness (QED) is 0.0696. The van der Waals surface area contributed by atoms with Crippen molar-refractivity contribution in [2.24, 2.45) is 0 Å². The van der Waals surface area contributed by atoms with Gasteiger partial charge in [0.25, 0.3) is 0 Å². The molecule has 0 fully saturated rings. The van der Waals surface area contributed by atoms with Gasteiger partial charge in [0.05, 0.1) is 0 Å². The number of unbranched alkanes of at least 4 members (excludes halogenated alkanes) is 6. The first-order valence-electron chi connectivity index (χ1n) is 20.4. The second kappa shape index (κ2) is 21.7. The van der Waals surface area contributed by atoms with Gasteiger partial charge in [-0.3, -0.25) is 0 Å². The molecule has 0 spiro atoms. The summed E-state index contributed by atoms with van der Waals surface area (Å²) in [6.07, 6.45) is 19.4. The molecule has 6 heteroatoms. The normalized spacial score (nSPS) is 12.0. The van der Waals surface area contributed by atoms with Crippen LogP contribution >= 0.6 is 0 Å². The van der Waals surface area contributed by atoms with Crippen molar-refractivity contribution in [2.75, 3.05) is 0 Å². The molecule has 0 saturated carbocycles. The Kier molecular flexibility index (Phi) is 17.7. The molecule has 0 saturated heterocycles. The second-order valence-corrected chi connectivity index (χ2v) is 41.3. The zero-order valence-corrected chi connectivity index (χ0v) is 38.2. The van der Waals surface area contributed by atoms with Crippen LogP contribution in [0.5, 0.6) is 0 Å². The number of nitrogens with zero attached hydrogens (tertiary/aromatic N) is 4. The van der Waals surface area contributed by atoms with Gasteiger partial charge in [0, 0.05) is 0 Å². The second-order valence-electron chi connectivity index (χ2n) is 14.9. The molecule has 0 aliphatic carbocycles. The fourth-order valence-electron chi connectivity index (χ4n) is 7.93. The van der Waals surface area contributed by atoms with Gasteiger partial charge in [-0.1, -0.05) is 0 Å². The molecule has 4 nitrogen and oxygen atoms in total. The summed E-state index contributed by atoms with van der Waals surface area (Å²) in [6, 6.07) is 22.6. The van der Waals surface area contributed by atoms with Crippen LogP contribution in [-0.2, 0) is 0 Å². The van der Waals surface area contributed by atoms with Crippen molar-refractivity contribution < 1.29 is 0 Å². The third-order valence-electron chi connectivity index (χ3n) is 11.0. The van der Waals surface area contributed by atoms with E-state index in [2.05, 4.69) is 90.1 Å². The van der Waals surface area contributed by atoms with Gasteiger partial charge in [0.1, 0.15) is 0 Å². The van der Waals surface area contributed by atoms with Gasteiger partial charge >= 0.3 is 316 Å². The Labute approximate surface area is 313 Å². The first kappa shape index (κ1) is 41.0. The van der Waals surface area contributed by atoms with Gasteiger partial charge in [0.2, 0.25) is 0 Å². The van der Waals surface area contributed by atoms with Crippen LogP contribution in [0, 0.1) is 0 Å². The van der Waals surface area contributed by atoms with E-state index in [1.165, 1.54) is 104 Å². The monoisotopic (exact) mass is 890 g/mol. The van der Waals surface area contributed by atoms with Gasteiger partial charge < -0.3 is 0 Å². The van der Waals surface area contributed by atoms with Gasteiger partial charge in [-0.05, 0) is 0 Å². The summed E-state index contributed by atoms with van der Waals surface area (Å²) in [5, 5.41) is 0. The van der Waals surface area contributed by atoms with Gasteiger partial charge in [0.15, 0.2) is 0 Å². The minimum atomic E-state index is -2.84. The summed E-state index contributed by atoms with van der Waals surface area (Å²) in [4.78, 5) is 20.7. The Balaban J connectivity index is 2.05. The number of pyridine rings is 4. The van der Waals surface area contributed by atoms with Crippen molar-refractivity contribution in [1.82, 2.24) is 19.9 Å². The van der Waals surface area contributed by atoms with Gasteiger partial charge in [-0.15, -0.1) is 0 Å². The van der Waals surface area contributed by atoms with Crippen LogP contribution in [0.4, 0.5) is 0 Å². The summed E-state index contributed by atoms with van der Waals surface area (Å²) in [5.74, 6) is 0. The molecule has 0 bridgehead atoms. The van der Waals surface area contributed by atoms with Crippen molar-refractivity contribution in [3.05, 3.63) is 73.1 Å². The molecule has 0 amide bonds. The molecule has 0 aliphatic heterocycles. The standard InChI is InChI=1S/C20H12N4.6C4H9.2Sn/c1-3-13-21-15(7-1)17-9-5-11-19(23-17)20-12-6-10-18(24-20)16-8-2-4-14-22-16;6*1-3-4-2;;/h1-4,7-14H;6*1,3-4H2,2H3;;. The summed E-state index contributed by atoms with van der Waals surface area (Å²) in [6.45, 7) is 14.2. The Hall–Kier alpha value is -1.80. The van der Waals surface area contributed by atoms with Crippen molar-refractivity contribution in [1.29, 1.82) is 0 Å². The summed E-state index contributed by atoms with van der Waals surface area (Å²) >= 11 is -5.68. The van der Waals surface area contributed by atoms with E-state index in [-0.39, 0.29) is 0 Å². The van der Waals surface area contributed by atoms with Crippen LogP contribution in [0.3, 0.4) is 0 Å². The van der Waals surface area contributed by atoms with Crippen LogP contribution in [0.25, 0.3) is 34.2 Å². The van der Waals surface area contributed by atoms with Gasteiger partial charge in [-0.2, -0.15) is 0 Å². The predicted octanol–water partition coefficient (Wildman–Crippen LogP) is 12.4. The number of rotatable bonds is 23. The fourth-order valence-corrected chi connectivity index (χ4v) is 39.9. The third-order valence-corrected chi connectivity index (χ3v) is 42.1. The molecule has 0 aromatic carbocycles. The zero-order chi connectivity index (χ0) is 35.7. The van der Waals surface area contributed by atoms with E-state index in [0.29, 0.717) is 0 Å². The van der Waals surface area contributed by atoms with Crippen molar-refractivity contribution in [3.63, 3.8) is 0 Å². The minimum absolute atomic E-state index is 0.973. The molecule has 4 heterocycles. The van der Waals surface area contributed by atoms with Crippen molar-refractivity contribution in [3.8, 4) is 34.2 Å². The molecule has 0 radical (unpaired) electrons. The molecule has 4 rings (SSSR count). The molecule has 4 aromatic rings. The predicted molar refractivity (Wildman–Crippen MR) is 223 cm³/mol. The van der Waals surface area contributed by atoms with E-state index in [1.807, 2.05) is 24.5 Å². The van der Waals surface area contributed by atoms with Crippen LogP contribution < -0.4 is 7.16 Å². The SMILES string of the molecule is CCC[CH2][Sn]([CH2]CCC)([CH2]CCC)[c]1cc(-c2ccccn2)nc(-c2c[c]([Sn]([CH2]CCC)([CH2]CCC)[CH2]CCC)cc(-c3ccccn3)n2)c1. The molecule has 270 valence electrons. The topological polar surface area (TPSA) is 51.6 Å². The van der Waals surface area contributed by atoms with Crippen LogP contribution in [0.2, 0.25) is 26.6 Å². The molecule has 4 aromatic heterocycles. The maximum atomic E-state index is 5.48. The zero-order valence-electron chi connectivity index (χ0n) is 32.4.